The molecule has 0 atom stereocenters. The number of ether oxygens (including phenoxy) is 1. The normalized spacial score (nSPS) is 10.8. The van der Waals surface area contributed by atoms with Crippen LogP contribution in [0.1, 0.15) is 17.6 Å². The second-order valence-corrected chi connectivity index (χ2v) is 5.47. The summed E-state index contributed by atoms with van der Waals surface area (Å²) in [5.41, 5.74) is 2.03. The second kappa shape index (κ2) is 5.57. The summed E-state index contributed by atoms with van der Waals surface area (Å²) in [4.78, 5) is 10.1. The van der Waals surface area contributed by atoms with Crippen molar-refractivity contribution in [2.75, 3.05) is 19.0 Å². The van der Waals surface area contributed by atoms with Crippen LogP contribution in [0, 0.1) is 6.92 Å². The Morgan fingerprint density at radius 1 is 1.41 bits per heavy atom. The SMILES string of the molecule is CCNc1nc(-c2sc(COC)nc2C)cs1. The van der Waals surface area contributed by atoms with Gasteiger partial charge in [-0.2, -0.15) is 0 Å². The molecule has 0 bridgehead atoms. The topological polar surface area (TPSA) is 47.0 Å². The van der Waals surface area contributed by atoms with Gasteiger partial charge in [0.15, 0.2) is 5.13 Å². The van der Waals surface area contributed by atoms with Crippen LogP contribution in [0.15, 0.2) is 5.38 Å². The third kappa shape index (κ3) is 2.83. The lowest BCUT2D eigenvalue weighted by Crippen LogP contribution is -1.94. The van der Waals surface area contributed by atoms with E-state index in [4.69, 9.17) is 4.74 Å². The van der Waals surface area contributed by atoms with E-state index in [1.807, 2.05) is 6.92 Å². The fourth-order valence-corrected chi connectivity index (χ4v) is 3.33. The van der Waals surface area contributed by atoms with Crippen molar-refractivity contribution < 1.29 is 4.74 Å². The van der Waals surface area contributed by atoms with E-state index in [2.05, 4.69) is 27.6 Å². The molecule has 92 valence electrons. The molecule has 0 amide bonds. The Bertz CT molecular complexity index is 493. The number of rotatable bonds is 5. The molecule has 2 heterocycles. The molecule has 0 saturated carbocycles. The van der Waals surface area contributed by atoms with Gasteiger partial charge in [-0.1, -0.05) is 0 Å². The van der Waals surface area contributed by atoms with Crippen LogP contribution in [0.4, 0.5) is 5.13 Å². The molecule has 0 fully saturated rings. The van der Waals surface area contributed by atoms with Crippen molar-refractivity contribution in [2.24, 2.45) is 0 Å². The van der Waals surface area contributed by atoms with Crippen molar-refractivity contribution in [1.29, 1.82) is 0 Å². The summed E-state index contributed by atoms with van der Waals surface area (Å²) in [6.07, 6.45) is 0. The molecule has 2 aromatic rings. The van der Waals surface area contributed by atoms with E-state index in [1.54, 1.807) is 29.8 Å². The van der Waals surface area contributed by atoms with E-state index in [-0.39, 0.29) is 0 Å². The molecule has 1 N–H and O–H groups in total. The third-order valence-corrected chi connectivity index (χ3v) is 4.13. The van der Waals surface area contributed by atoms with Crippen molar-refractivity contribution in [3.63, 3.8) is 0 Å². The minimum Gasteiger partial charge on any atom is -0.378 e. The molecule has 0 aliphatic rings. The largest absolute Gasteiger partial charge is 0.378 e. The molecule has 0 aliphatic carbocycles. The van der Waals surface area contributed by atoms with Gasteiger partial charge in [0, 0.05) is 19.0 Å². The first-order valence-corrected chi connectivity index (χ1v) is 7.09. The Kier molecular flexibility index (Phi) is 4.09. The molecule has 17 heavy (non-hydrogen) atoms. The summed E-state index contributed by atoms with van der Waals surface area (Å²) in [6.45, 7) is 5.53. The van der Waals surface area contributed by atoms with Gasteiger partial charge in [0.1, 0.15) is 5.01 Å². The zero-order valence-electron chi connectivity index (χ0n) is 10.1. The maximum Gasteiger partial charge on any atom is 0.183 e. The number of hydrogen-bond donors (Lipinski definition) is 1. The number of nitrogens with zero attached hydrogens (tertiary/aromatic N) is 2. The second-order valence-electron chi connectivity index (χ2n) is 3.52. The van der Waals surface area contributed by atoms with Gasteiger partial charge >= 0.3 is 0 Å². The first-order valence-electron chi connectivity index (χ1n) is 5.39. The monoisotopic (exact) mass is 269 g/mol. The van der Waals surface area contributed by atoms with Gasteiger partial charge in [-0.25, -0.2) is 9.97 Å². The predicted octanol–water partition coefficient (Wildman–Crippen LogP) is 3.15. The van der Waals surface area contributed by atoms with E-state index in [9.17, 15) is 0 Å². The number of aromatic nitrogens is 2. The summed E-state index contributed by atoms with van der Waals surface area (Å²) in [7, 11) is 1.68. The van der Waals surface area contributed by atoms with Gasteiger partial charge in [0.25, 0.3) is 0 Å². The molecule has 4 nitrogen and oxygen atoms in total. The van der Waals surface area contributed by atoms with Crippen LogP contribution >= 0.6 is 22.7 Å². The summed E-state index contributed by atoms with van der Waals surface area (Å²) < 4.78 is 5.09. The number of hydrogen-bond acceptors (Lipinski definition) is 6. The fraction of sp³-hybridized carbons (Fsp3) is 0.455. The van der Waals surface area contributed by atoms with Crippen molar-refractivity contribution >= 4 is 27.8 Å². The zero-order chi connectivity index (χ0) is 12.3. The molecular formula is C11H15N3OS2. The highest BCUT2D eigenvalue weighted by molar-refractivity contribution is 7.16. The third-order valence-electron chi connectivity index (χ3n) is 2.17. The molecule has 6 heteroatoms. The smallest absolute Gasteiger partial charge is 0.183 e. The van der Waals surface area contributed by atoms with Crippen LogP contribution in [-0.4, -0.2) is 23.6 Å². The zero-order valence-corrected chi connectivity index (χ0v) is 11.7. The molecule has 0 aliphatic heterocycles. The Balaban J connectivity index is 2.25. The highest BCUT2D eigenvalue weighted by Crippen LogP contribution is 2.32. The molecule has 0 aromatic carbocycles. The van der Waals surface area contributed by atoms with Crippen molar-refractivity contribution in [3.05, 3.63) is 16.1 Å². The number of anilines is 1. The predicted molar refractivity (Wildman–Crippen MR) is 72.8 cm³/mol. The first-order chi connectivity index (χ1) is 8.24. The summed E-state index contributed by atoms with van der Waals surface area (Å²) in [6, 6.07) is 0. The summed E-state index contributed by atoms with van der Waals surface area (Å²) in [5.74, 6) is 0. The average molecular weight is 269 g/mol. The van der Waals surface area contributed by atoms with Crippen molar-refractivity contribution in [3.8, 4) is 10.6 Å². The minimum atomic E-state index is 0.565. The van der Waals surface area contributed by atoms with Gasteiger partial charge in [0.2, 0.25) is 0 Å². The van der Waals surface area contributed by atoms with Gasteiger partial charge in [-0.3, -0.25) is 0 Å². The highest BCUT2D eigenvalue weighted by Gasteiger charge is 2.12. The van der Waals surface area contributed by atoms with Crippen LogP contribution in [0.5, 0.6) is 0 Å². The summed E-state index contributed by atoms with van der Waals surface area (Å²) >= 11 is 3.27. The van der Waals surface area contributed by atoms with E-state index < -0.39 is 0 Å². The Labute approximate surface area is 109 Å². The van der Waals surface area contributed by atoms with Gasteiger partial charge in [-0.15, -0.1) is 22.7 Å². The van der Waals surface area contributed by atoms with Gasteiger partial charge in [-0.05, 0) is 13.8 Å². The van der Waals surface area contributed by atoms with E-state index in [0.29, 0.717) is 6.61 Å². The number of methoxy groups -OCH3 is 1. The maximum atomic E-state index is 5.09. The van der Waals surface area contributed by atoms with E-state index >= 15 is 0 Å². The van der Waals surface area contributed by atoms with Gasteiger partial charge < -0.3 is 10.1 Å². The molecule has 0 spiro atoms. The minimum absolute atomic E-state index is 0.565. The Morgan fingerprint density at radius 2 is 2.24 bits per heavy atom. The standard InChI is InChI=1S/C11H15N3OS2/c1-4-12-11-14-8(6-16-11)10-7(2)13-9(17-10)5-15-3/h6H,4-5H2,1-3H3,(H,12,14). The molecule has 0 saturated heterocycles. The summed E-state index contributed by atoms with van der Waals surface area (Å²) in [5, 5.41) is 7.24. The first kappa shape index (κ1) is 12.5. The van der Waals surface area contributed by atoms with Crippen LogP contribution in [0.3, 0.4) is 0 Å². The lowest BCUT2D eigenvalue weighted by Gasteiger charge is -1.94. The fourth-order valence-electron chi connectivity index (χ4n) is 1.49. The maximum absolute atomic E-state index is 5.09. The van der Waals surface area contributed by atoms with Crippen LogP contribution in [0.2, 0.25) is 0 Å². The molecule has 0 radical (unpaired) electrons. The van der Waals surface area contributed by atoms with E-state index in [0.717, 1.165) is 32.9 Å². The highest BCUT2D eigenvalue weighted by atomic mass is 32.1. The quantitative estimate of drug-likeness (QED) is 0.905. The number of aryl methyl sites for hydroxylation is 1. The van der Waals surface area contributed by atoms with E-state index in [1.165, 1.54) is 0 Å². The number of thiazole rings is 2. The molecule has 2 aromatic heterocycles. The van der Waals surface area contributed by atoms with Crippen LogP contribution in [-0.2, 0) is 11.3 Å². The Morgan fingerprint density at radius 3 is 2.94 bits per heavy atom. The van der Waals surface area contributed by atoms with Crippen molar-refractivity contribution in [2.45, 2.75) is 20.5 Å². The molecular weight excluding hydrogens is 254 g/mol. The van der Waals surface area contributed by atoms with Crippen molar-refractivity contribution in [1.82, 2.24) is 9.97 Å². The lowest BCUT2D eigenvalue weighted by molar-refractivity contribution is 0.184. The van der Waals surface area contributed by atoms with Crippen LogP contribution in [0.25, 0.3) is 10.6 Å². The lowest BCUT2D eigenvalue weighted by atomic mass is 10.3. The number of nitrogens with one attached hydrogen (secondary N) is 1. The van der Waals surface area contributed by atoms with Crippen LogP contribution < -0.4 is 5.32 Å². The van der Waals surface area contributed by atoms with Gasteiger partial charge in [0.05, 0.1) is 22.9 Å². The molecule has 2 rings (SSSR count). The Hall–Kier alpha value is -0.980. The average Bonchev–Trinajstić information content (AvgIpc) is 2.87. The molecule has 0 unspecified atom stereocenters.